The molecule has 0 spiro atoms. The van der Waals surface area contributed by atoms with Crippen LogP contribution in [-0.4, -0.2) is 23.9 Å². The minimum Gasteiger partial charge on any atom is -0.275 e. The van der Waals surface area contributed by atoms with Crippen LogP contribution in [0, 0.1) is 6.92 Å². The van der Waals surface area contributed by atoms with Crippen molar-refractivity contribution in [3.63, 3.8) is 0 Å². The lowest BCUT2D eigenvalue weighted by Gasteiger charge is -2.16. The summed E-state index contributed by atoms with van der Waals surface area (Å²) >= 11 is 0. The highest BCUT2D eigenvalue weighted by molar-refractivity contribution is 6.18. The summed E-state index contributed by atoms with van der Waals surface area (Å²) in [5.41, 5.74) is 1.52. The number of hydrogen-bond donors (Lipinski definition) is 2. The molecule has 1 aromatic carbocycles. The van der Waals surface area contributed by atoms with Gasteiger partial charge in [0.05, 0.1) is 5.69 Å². The first-order chi connectivity index (χ1) is 8.56. The third kappa shape index (κ3) is 2.57. The second-order valence-corrected chi connectivity index (χ2v) is 3.76. The van der Waals surface area contributed by atoms with Gasteiger partial charge >= 0.3 is 6.03 Å². The van der Waals surface area contributed by atoms with Gasteiger partial charge in [-0.2, -0.15) is 10.2 Å². The van der Waals surface area contributed by atoms with Crippen molar-refractivity contribution in [2.24, 2.45) is 10.2 Å². The number of carbonyl (C=O) groups excluding carboxylic acids is 3. The van der Waals surface area contributed by atoms with Crippen molar-refractivity contribution in [2.45, 2.75) is 13.0 Å². The zero-order chi connectivity index (χ0) is 13.1. The monoisotopic (exact) mass is 246 g/mol. The molecular weight excluding hydrogens is 236 g/mol. The van der Waals surface area contributed by atoms with E-state index in [0.29, 0.717) is 5.69 Å². The highest BCUT2D eigenvalue weighted by Crippen LogP contribution is 2.14. The Labute approximate surface area is 102 Å². The number of hydrogen-bond acceptors (Lipinski definition) is 5. The lowest BCUT2D eigenvalue weighted by atomic mass is 10.2. The smallest absolute Gasteiger partial charge is 0.275 e. The van der Waals surface area contributed by atoms with E-state index in [-0.39, 0.29) is 0 Å². The maximum atomic E-state index is 11.4. The molecule has 1 aromatic rings. The lowest BCUT2D eigenvalue weighted by Crippen LogP contribution is -2.57. The molecule has 2 N–H and O–H groups in total. The molecular formula is C11H10N4O3. The first kappa shape index (κ1) is 11.9. The van der Waals surface area contributed by atoms with E-state index in [9.17, 15) is 14.4 Å². The maximum absolute atomic E-state index is 11.4. The predicted molar refractivity (Wildman–Crippen MR) is 61.2 cm³/mol. The van der Waals surface area contributed by atoms with E-state index < -0.39 is 23.9 Å². The van der Waals surface area contributed by atoms with Gasteiger partial charge in [-0.05, 0) is 24.6 Å². The van der Waals surface area contributed by atoms with Crippen molar-refractivity contribution in [1.82, 2.24) is 10.6 Å². The molecule has 2 rings (SSSR count). The Morgan fingerprint density at radius 3 is 2.39 bits per heavy atom. The molecule has 18 heavy (non-hydrogen) atoms. The van der Waals surface area contributed by atoms with Crippen molar-refractivity contribution >= 4 is 23.5 Å². The normalized spacial score (nSPS) is 16.8. The van der Waals surface area contributed by atoms with E-state index in [4.69, 9.17) is 0 Å². The topological polar surface area (TPSA) is 100.0 Å². The van der Waals surface area contributed by atoms with E-state index >= 15 is 0 Å². The first-order valence-electron chi connectivity index (χ1n) is 5.19. The standard InChI is InChI=1S/C11H10N4O3/c1-6-3-2-4-7(5-6)14-15-8-9(16)12-11(18)13-10(8)17/h2-5,8H,1H3,(H2,12,13,16,17,18). The number of urea groups is 1. The molecule has 92 valence electrons. The lowest BCUT2D eigenvalue weighted by molar-refractivity contribution is -0.131. The maximum Gasteiger partial charge on any atom is 0.328 e. The third-order valence-electron chi connectivity index (χ3n) is 2.26. The van der Waals surface area contributed by atoms with Crippen LogP contribution < -0.4 is 10.6 Å². The molecule has 1 aliphatic rings. The molecule has 0 radical (unpaired) electrons. The molecule has 0 atom stereocenters. The van der Waals surface area contributed by atoms with Gasteiger partial charge in [0.15, 0.2) is 0 Å². The summed E-state index contributed by atoms with van der Waals surface area (Å²) in [5.74, 6) is -1.56. The average Bonchev–Trinajstić information content (AvgIpc) is 2.27. The van der Waals surface area contributed by atoms with Gasteiger partial charge in [-0.15, -0.1) is 0 Å². The van der Waals surface area contributed by atoms with Crippen LogP contribution in [-0.2, 0) is 9.59 Å². The number of aryl methyl sites for hydroxylation is 1. The molecule has 1 aliphatic heterocycles. The fourth-order valence-electron chi connectivity index (χ4n) is 1.43. The van der Waals surface area contributed by atoms with Crippen LogP contribution in [0.4, 0.5) is 10.5 Å². The second kappa shape index (κ2) is 4.74. The predicted octanol–water partition coefficient (Wildman–Crippen LogP) is 0.813. The minimum absolute atomic E-state index is 0.535. The van der Waals surface area contributed by atoms with Gasteiger partial charge in [0.25, 0.3) is 11.8 Å². The van der Waals surface area contributed by atoms with Crippen molar-refractivity contribution in [3.8, 4) is 0 Å². The quantitative estimate of drug-likeness (QED) is 0.596. The number of nitrogens with zero attached hydrogens (tertiary/aromatic N) is 2. The molecule has 0 saturated carbocycles. The van der Waals surface area contributed by atoms with E-state index in [2.05, 4.69) is 10.2 Å². The zero-order valence-corrected chi connectivity index (χ0v) is 9.51. The van der Waals surface area contributed by atoms with Crippen molar-refractivity contribution in [3.05, 3.63) is 29.8 Å². The molecule has 7 heteroatoms. The van der Waals surface area contributed by atoms with Crippen molar-refractivity contribution in [1.29, 1.82) is 0 Å². The van der Waals surface area contributed by atoms with Crippen molar-refractivity contribution in [2.75, 3.05) is 0 Å². The molecule has 4 amide bonds. The Hall–Kier alpha value is -2.57. The number of rotatable bonds is 2. The molecule has 1 heterocycles. The number of barbiturate groups is 1. The summed E-state index contributed by atoms with van der Waals surface area (Å²) in [6.07, 6.45) is 0. The molecule has 0 aliphatic carbocycles. The van der Waals surface area contributed by atoms with Crippen LogP contribution in [0.1, 0.15) is 5.56 Å². The molecule has 0 aromatic heterocycles. The van der Waals surface area contributed by atoms with Gasteiger partial charge < -0.3 is 0 Å². The van der Waals surface area contributed by atoms with Crippen LogP contribution >= 0.6 is 0 Å². The van der Waals surface area contributed by atoms with Crippen LogP contribution in [0.5, 0.6) is 0 Å². The van der Waals surface area contributed by atoms with Gasteiger partial charge in [-0.25, -0.2) is 4.79 Å². The Morgan fingerprint density at radius 1 is 1.11 bits per heavy atom. The summed E-state index contributed by atoms with van der Waals surface area (Å²) in [4.78, 5) is 33.5. The van der Waals surface area contributed by atoms with E-state index in [1.165, 1.54) is 0 Å². The second-order valence-electron chi connectivity index (χ2n) is 3.76. The van der Waals surface area contributed by atoms with E-state index in [1.54, 1.807) is 18.2 Å². The molecule has 7 nitrogen and oxygen atoms in total. The van der Waals surface area contributed by atoms with Gasteiger partial charge in [0.1, 0.15) is 0 Å². The van der Waals surface area contributed by atoms with Crippen LogP contribution in [0.15, 0.2) is 34.5 Å². The summed E-state index contributed by atoms with van der Waals surface area (Å²) < 4.78 is 0. The van der Waals surface area contributed by atoms with Crippen molar-refractivity contribution < 1.29 is 14.4 Å². The number of nitrogens with one attached hydrogen (secondary N) is 2. The number of carbonyl (C=O) groups is 3. The minimum atomic E-state index is -1.33. The number of benzene rings is 1. The Morgan fingerprint density at radius 2 is 1.78 bits per heavy atom. The number of imide groups is 2. The van der Waals surface area contributed by atoms with E-state index in [1.807, 2.05) is 23.6 Å². The average molecular weight is 246 g/mol. The van der Waals surface area contributed by atoms with Gasteiger partial charge in [0.2, 0.25) is 6.04 Å². The Bertz CT molecular complexity index is 533. The fraction of sp³-hybridized carbons (Fsp3) is 0.182. The van der Waals surface area contributed by atoms with Gasteiger partial charge in [0, 0.05) is 0 Å². The molecule has 0 unspecified atom stereocenters. The summed E-state index contributed by atoms with van der Waals surface area (Å²) in [6, 6.07) is 4.95. The number of amides is 4. The first-order valence-corrected chi connectivity index (χ1v) is 5.19. The summed E-state index contributed by atoms with van der Waals surface area (Å²) in [7, 11) is 0. The Kier molecular flexibility index (Phi) is 3.13. The zero-order valence-electron chi connectivity index (χ0n) is 9.51. The molecule has 0 bridgehead atoms. The highest BCUT2D eigenvalue weighted by atomic mass is 16.2. The number of azo groups is 1. The summed E-state index contributed by atoms with van der Waals surface area (Å²) in [6.45, 7) is 1.89. The fourth-order valence-corrected chi connectivity index (χ4v) is 1.43. The summed E-state index contributed by atoms with van der Waals surface area (Å²) in [5, 5.41) is 11.3. The third-order valence-corrected chi connectivity index (χ3v) is 2.26. The van der Waals surface area contributed by atoms with Crippen LogP contribution in [0.2, 0.25) is 0 Å². The van der Waals surface area contributed by atoms with E-state index in [0.717, 1.165) is 5.56 Å². The highest BCUT2D eigenvalue weighted by Gasteiger charge is 2.34. The van der Waals surface area contributed by atoms with Crippen LogP contribution in [0.25, 0.3) is 0 Å². The van der Waals surface area contributed by atoms with Crippen LogP contribution in [0.3, 0.4) is 0 Å². The SMILES string of the molecule is Cc1cccc(N=NC2C(=O)NC(=O)NC2=O)c1. The largest absolute Gasteiger partial charge is 0.328 e. The molecule has 1 fully saturated rings. The molecule has 1 saturated heterocycles. The van der Waals surface area contributed by atoms with Gasteiger partial charge in [-0.1, -0.05) is 12.1 Å². The Balaban J connectivity index is 2.16. The van der Waals surface area contributed by atoms with Gasteiger partial charge in [-0.3, -0.25) is 20.2 Å².